The first-order valence-corrected chi connectivity index (χ1v) is 13.1. The Morgan fingerprint density at radius 3 is 2.42 bits per heavy atom. The summed E-state index contributed by atoms with van der Waals surface area (Å²) in [4.78, 5) is 18.3. The van der Waals surface area contributed by atoms with Gasteiger partial charge in [0.1, 0.15) is 0 Å². The van der Waals surface area contributed by atoms with Gasteiger partial charge in [0.15, 0.2) is 9.84 Å². The molecule has 0 aromatic heterocycles. The number of rotatable bonds is 5. The van der Waals surface area contributed by atoms with Crippen LogP contribution in [0.3, 0.4) is 0 Å². The van der Waals surface area contributed by atoms with E-state index in [1.54, 1.807) is 0 Å². The van der Waals surface area contributed by atoms with Gasteiger partial charge in [0, 0.05) is 42.9 Å². The van der Waals surface area contributed by atoms with Crippen molar-refractivity contribution in [3.8, 4) is 6.07 Å². The van der Waals surface area contributed by atoms with Gasteiger partial charge >= 0.3 is 0 Å². The summed E-state index contributed by atoms with van der Waals surface area (Å²) in [5.74, 6) is 0.442. The summed E-state index contributed by atoms with van der Waals surface area (Å²) in [7, 11) is -2.94. The van der Waals surface area contributed by atoms with Crippen LogP contribution in [-0.4, -0.2) is 67.1 Å². The molecule has 2 saturated heterocycles. The Kier molecular flexibility index (Phi) is 6.65. The van der Waals surface area contributed by atoms with E-state index in [1.165, 1.54) is 11.8 Å². The Morgan fingerprint density at radius 1 is 1.06 bits per heavy atom. The van der Waals surface area contributed by atoms with E-state index in [9.17, 15) is 13.2 Å². The fourth-order valence-corrected chi connectivity index (χ4v) is 7.62. The third-order valence-corrected chi connectivity index (χ3v) is 9.08. The molecule has 0 unspecified atom stereocenters. The summed E-state index contributed by atoms with van der Waals surface area (Å²) in [5, 5.41) is 8.94. The molecule has 2 aromatic rings. The second-order valence-electron chi connectivity index (χ2n) is 8.02. The first-order chi connectivity index (χ1) is 14.9. The molecule has 2 aliphatic heterocycles. The maximum absolute atomic E-state index is 13.2. The van der Waals surface area contributed by atoms with Gasteiger partial charge in [-0.1, -0.05) is 24.3 Å². The molecule has 0 bridgehead atoms. The maximum atomic E-state index is 13.2. The number of thioether (sulfide) groups is 1. The fraction of sp³-hybridized carbons (Fsp3) is 0.391. The van der Waals surface area contributed by atoms with Gasteiger partial charge < -0.3 is 4.90 Å². The summed E-state index contributed by atoms with van der Waals surface area (Å²) in [6.07, 6.45) is 0.642. The lowest BCUT2D eigenvalue weighted by Gasteiger charge is -2.35. The van der Waals surface area contributed by atoms with E-state index >= 15 is 0 Å². The molecule has 2 fully saturated rings. The number of hydrogen-bond donors (Lipinski definition) is 0. The van der Waals surface area contributed by atoms with Gasteiger partial charge in [-0.2, -0.15) is 5.26 Å². The molecule has 0 spiro atoms. The van der Waals surface area contributed by atoms with Crippen molar-refractivity contribution in [3.63, 3.8) is 0 Å². The van der Waals surface area contributed by atoms with E-state index in [0.29, 0.717) is 30.6 Å². The smallest absolute Gasteiger partial charge is 0.255 e. The largest absolute Gasteiger partial charge is 0.336 e. The van der Waals surface area contributed by atoms with Crippen molar-refractivity contribution in [2.45, 2.75) is 23.1 Å². The number of piperazine rings is 1. The SMILES string of the molecule is N#Cc1ccc(CN2CCN(C(=O)c3ccccc3S[C@H]3CCS(=O)(=O)C3)CC2)cc1. The van der Waals surface area contributed by atoms with E-state index in [1.807, 2.05) is 53.4 Å². The van der Waals surface area contributed by atoms with Crippen LogP contribution in [0.2, 0.25) is 0 Å². The highest BCUT2D eigenvalue weighted by Crippen LogP contribution is 2.33. The molecule has 8 heteroatoms. The van der Waals surface area contributed by atoms with Crippen LogP contribution in [0.25, 0.3) is 0 Å². The van der Waals surface area contributed by atoms with Crippen LogP contribution in [0.4, 0.5) is 0 Å². The van der Waals surface area contributed by atoms with Gasteiger partial charge in [-0.05, 0) is 36.2 Å². The van der Waals surface area contributed by atoms with Crippen molar-refractivity contribution in [1.82, 2.24) is 9.80 Å². The van der Waals surface area contributed by atoms with E-state index < -0.39 is 9.84 Å². The van der Waals surface area contributed by atoms with Crippen molar-refractivity contribution < 1.29 is 13.2 Å². The van der Waals surface area contributed by atoms with Crippen LogP contribution in [0.15, 0.2) is 53.4 Å². The van der Waals surface area contributed by atoms with Gasteiger partial charge in [0.2, 0.25) is 0 Å². The van der Waals surface area contributed by atoms with Gasteiger partial charge in [-0.15, -0.1) is 11.8 Å². The fourth-order valence-electron chi connectivity index (χ4n) is 4.00. The maximum Gasteiger partial charge on any atom is 0.255 e. The van der Waals surface area contributed by atoms with Gasteiger partial charge in [0.05, 0.1) is 28.7 Å². The van der Waals surface area contributed by atoms with Crippen molar-refractivity contribution in [2.75, 3.05) is 37.7 Å². The molecule has 31 heavy (non-hydrogen) atoms. The molecule has 0 aliphatic carbocycles. The summed E-state index contributed by atoms with van der Waals surface area (Å²) in [6, 6.07) is 17.3. The highest BCUT2D eigenvalue weighted by atomic mass is 32.2. The molecule has 2 heterocycles. The third kappa shape index (κ3) is 5.48. The van der Waals surface area contributed by atoms with Crippen LogP contribution in [0.5, 0.6) is 0 Å². The van der Waals surface area contributed by atoms with Crippen LogP contribution >= 0.6 is 11.8 Å². The summed E-state index contributed by atoms with van der Waals surface area (Å²) in [6.45, 7) is 3.71. The number of nitrogens with zero attached hydrogens (tertiary/aromatic N) is 3. The number of hydrogen-bond acceptors (Lipinski definition) is 6. The zero-order chi connectivity index (χ0) is 21.8. The van der Waals surface area contributed by atoms with E-state index in [-0.39, 0.29) is 22.7 Å². The van der Waals surface area contributed by atoms with E-state index in [4.69, 9.17) is 5.26 Å². The number of amides is 1. The number of nitriles is 1. The molecule has 6 nitrogen and oxygen atoms in total. The summed E-state index contributed by atoms with van der Waals surface area (Å²) >= 11 is 1.52. The minimum atomic E-state index is -2.94. The lowest BCUT2D eigenvalue weighted by molar-refractivity contribution is 0.0625. The molecule has 1 amide bonds. The van der Waals surface area contributed by atoms with E-state index in [2.05, 4.69) is 11.0 Å². The van der Waals surface area contributed by atoms with E-state index in [0.717, 1.165) is 30.1 Å². The highest BCUT2D eigenvalue weighted by Gasteiger charge is 2.30. The Morgan fingerprint density at radius 2 is 1.77 bits per heavy atom. The van der Waals surface area contributed by atoms with Crippen LogP contribution < -0.4 is 0 Å². The predicted octanol–water partition coefficient (Wildman–Crippen LogP) is 2.80. The zero-order valence-electron chi connectivity index (χ0n) is 17.2. The number of carbonyl (C=O) groups is 1. The molecule has 1 atom stereocenters. The Balaban J connectivity index is 1.36. The van der Waals surface area contributed by atoms with Gasteiger partial charge in [-0.3, -0.25) is 9.69 Å². The Hall–Kier alpha value is -2.34. The second-order valence-corrected chi connectivity index (χ2v) is 11.6. The average molecular weight is 456 g/mol. The monoisotopic (exact) mass is 455 g/mol. The first kappa shape index (κ1) is 21.9. The standard InChI is InChI=1S/C23H25N3O3S2/c24-15-18-5-7-19(8-6-18)16-25-10-12-26(13-11-25)23(27)21-3-1-2-4-22(21)30-20-9-14-31(28,29)17-20/h1-8,20H,9-14,16-17H2/t20-/m0/s1. The van der Waals surface area contributed by atoms with Gasteiger partial charge in [0.25, 0.3) is 5.91 Å². The molecule has 0 N–H and O–H groups in total. The second kappa shape index (κ2) is 9.43. The van der Waals surface area contributed by atoms with Crippen molar-refractivity contribution in [3.05, 3.63) is 65.2 Å². The zero-order valence-corrected chi connectivity index (χ0v) is 18.9. The number of benzene rings is 2. The Bertz CT molecular complexity index is 1090. The molecule has 2 aromatic carbocycles. The van der Waals surface area contributed by atoms with Crippen molar-refractivity contribution in [1.29, 1.82) is 5.26 Å². The van der Waals surface area contributed by atoms with Crippen molar-refractivity contribution >= 4 is 27.5 Å². The molecule has 4 rings (SSSR count). The highest BCUT2D eigenvalue weighted by molar-refractivity contribution is 8.02. The minimum Gasteiger partial charge on any atom is -0.336 e. The van der Waals surface area contributed by atoms with Gasteiger partial charge in [-0.25, -0.2) is 8.42 Å². The molecule has 0 radical (unpaired) electrons. The molecule has 162 valence electrons. The topological polar surface area (TPSA) is 81.5 Å². The summed E-state index contributed by atoms with van der Waals surface area (Å²) < 4.78 is 23.6. The molecule has 0 saturated carbocycles. The number of sulfone groups is 1. The lowest BCUT2D eigenvalue weighted by atomic mass is 10.1. The Labute approximate surface area is 187 Å². The van der Waals surface area contributed by atoms with Crippen LogP contribution in [0, 0.1) is 11.3 Å². The van der Waals surface area contributed by atoms with Crippen LogP contribution in [0.1, 0.15) is 27.9 Å². The summed E-state index contributed by atoms with van der Waals surface area (Å²) in [5.41, 5.74) is 2.48. The normalized spacial score (nSPS) is 21.0. The minimum absolute atomic E-state index is 0.0157. The predicted molar refractivity (Wildman–Crippen MR) is 122 cm³/mol. The van der Waals surface area contributed by atoms with Crippen molar-refractivity contribution in [2.24, 2.45) is 0 Å². The molecule has 2 aliphatic rings. The number of carbonyl (C=O) groups excluding carboxylic acids is 1. The average Bonchev–Trinajstić information content (AvgIpc) is 3.13. The lowest BCUT2D eigenvalue weighted by Crippen LogP contribution is -2.48. The van der Waals surface area contributed by atoms with Crippen LogP contribution in [-0.2, 0) is 16.4 Å². The first-order valence-electron chi connectivity index (χ1n) is 10.4. The molecular weight excluding hydrogens is 430 g/mol. The quantitative estimate of drug-likeness (QED) is 0.690. The molecular formula is C23H25N3O3S2. The third-order valence-electron chi connectivity index (χ3n) is 5.75.